The zero-order valence-electron chi connectivity index (χ0n) is 13.1. The van der Waals surface area contributed by atoms with Crippen molar-refractivity contribution in [3.8, 4) is 0 Å². The van der Waals surface area contributed by atoms with E-state index in [4.69, 9.17) is 0 Å². The molecule has 21 heavy (non-hydrogen) atoms. The fourth-order valence-corrected chi connectivity index (χ4v) is 2.31. The van der Waals surface area contributed by atoms with Crippen molar-refractivity contribution in [3.05, 3.63) is 83.6 Å². The van der Waals surface area contributed by atoms with Crippen molar-refractivity contribution < 1.29 is 0 Å². The Balaban J connectivity index is 2.50. The first-order valence-electron chi connectivity index (χ1n) is 7.36. The molecule has 1 nitrogen and oxygen atoms in total. The first-order valence-corrected chi connectivity index (χ1v) is 7.36. The largest absolute Gasteiger partial charge is 0.394 e. The van der Waals surface area contributed by atoms with Gasteiger partial charge in [0.25, 0.3) is 0 Å². The van der Waals surface area contributed by atoms with Gasteiger partial charge in [-0.1, -0.05) is 69.0 Å². The van der Waals surface area contributed by atoms with Crippen LogP contribution >= 0.6 is 0 Å². The lowest BCUT2D eigenvalue weighted by atomic mass is 9.91. The van der Waals surface area contributed by atoms with Gasteiger partial charge in [0.1, 0.15) is 0 Å². The molecule has 0 aliphatic rings. The van der Waals surface area contributed by atoms with Gasteiger partial charge in [-0.3, -0.25) is 0 Å². The molecule has 0 saturated carbocycles. The van der Waals surface area contributed by atoms with Gasteiger partial charge < -0.3 is 5.32 Å². The summed E-state index contributed by atoms with van der Waals surface area (Å²) in [6.45, 7) is 8.74. The van der Waals surface area contributed by atoms with Crippen molar-refractivity contribution in [3.63, 3.8) is 0 Å². The van der Waals surface area contributed by atoms with Gasteiger partial charge in [0.15, 0.2) is 0 Å². The zero-order chi connectivity index (χ0) is 15.2. The maximum Gasteiger partial charge on any atom is 0.00277 e. The summed E-state index contributed by atoms with van der Waals surface area (Å²) in [6.07, 6.45) is 4.04. The summed E-state index contributed by atoms with van der Waals surface area (Å²) in [6, 6.07) is 17.0. The maximum absolute atomic E-state index is 4.31. The highest BCUT2D eigenvalue weighted by Gasteiger charge is 2.09. The second kappa shape index (κ2) is 6.94. The second-order valence-corrected chi connectivity index (χ2v) is 5.47. The molecular weight excluding hydrogens is 254 g/mol. The normalized spacial score (nSPS) is 11.0. The van der Waals surface area contributed by atoms with Gasteiger partial charge in [0.2, 0.25) is 0 Å². The van der Waals surface area contributed by atoms with E-state index in [0.717, 1.165) is 11.1 Å². The maximum atomic E-state index is 4.31. The van der Waals surface area contributed by atoms with Crippen LogP contribution in [0.25, 0.3) is 11.6 Å². The smallest absolute Gasteiger partial charge is 0.00277 e. The highest BCUT2D eigenvalue weighted by molar-refractivity contribution is 5.83. The number of rotatable bonds is 5. The van der Waals surface area contributed by atoms with Gasteiger partial charge in [-0.2, -0.15) is 0 Å². The molecule has 2 rings (SSSR count). The third kappa shape index (κ3) is 3.63. The predicted octanol–water partition coefficient (Wildman–Crippen LogP) is 5.06. The van der Waals surface area contributed by atoms with E-state index in [0.29, 0.717) is 5.92 Å². The van der Waals surface area contributed by atoms with Crippen molar-refractivity contribution in [2.45, 2.75) is 19.8 Å². The third-order valence-electron chi connectivity index (χ3n) is 3.62. The fraction of sp³-hybridized carbons (Fsp3) is 0.200. The molecule has 0 radical (unpaired) electrons. The summed E-state index contributed by atoms with van der Waals surface area (Å²) in [7, 11) is 1.91. The SMILES string of the molecule is C=C(c1ccccc1)c1cc(C(C)C)ccc1/C=C\NC. The van der Waals surface area contributed by atoms with E-state index < -0.39 is 0 Å². The number of hydrogen-bond acceptors (Lipinski definition) is 1. The zero-order valence-corrected chi connectivity index (χ0v) is 13.1. The number of hydrogen-bond donors (Lipinski definition) is 1. The van der Waals surface area contributed by atoms with Gasteiger partial charge in [-0.25, -0.2) is 0 Å². The molecule has 0 heterocycles. The Morgan fingerprint density at radius 1 is 1.10 bits per heavy atom. The molecule has 0 aliphatic carbocycles. The van der Waals surface area contributed by atoms with Crippen LogP contribution in [-0.2, 0) is 0 Å². The number of nitrogens with one attached hydrogen (secondary N) is 1. The average Bonchev–Trinajstić information content (AvgIpc) is 2.52. The summed E-state index contributed by atoms with van der Waals surface area (Å²) in [5.74, 6) is 0.509. The molecule has 0 fully saturated rings. The predicted molar refractivity (Wildman–Crippen MR) is 93.2 cm³/mol. The van der Waals surface area contributed by atoms with Crippen molar-refractivity contribution in [2.75, 3.05) is 7.05 Å². The van der Waals surface area contributed by atoms with Crippen LogP contribution in [0.1, 0.15) is 42.0 Å². The molecule has 0 spiro atoms. The minimum atomic E-state index is 0.509. The Hall–Kier alpha value is -2.28. The van der Waals surface area contributed by atoms with E-state index in [1.54, 1.807) is 0 Å². The molecule has 108 valence electrons. The molecular formula is C20H23N. The van der Waals surface area contributed by atoms with Crippen LogP contribution in [-0.4, -0.2) is 7.05 Å². The van der Waals surface area contributed by atoms with Crippen LogP contribution in [0.5, 0.6) is 0 Å². The summed E-state index contributed by atoms with van der Waals surface area (Å²) in [5.41, 5.74) is 5.94. The Labute approximate surface area is 128 Å². The average molecular weight is 277 g/mol. The van der Waals surface area contributed by atoms with E-state index in [9.17, 15) is 0 Å². The molecule has 1 N–H and O–H groups in total. The highest BCUT2D eigenvalue weighted by Crippen LogP contribution is 2.28. The summed E-state index contributed by atoms with van der Waals surface area (Å²) in [5, 5.41) is 3.05. The standard InChI is InChI=1S/C20H23N/c1-15(2)19-11-10-18(12-13-21-4)20(14-19)16(3)17-8-6-5-7-9-17/h5-15,21H,3H2,1-2,4H3/b13-12-. The van der Waals surface area contributed by atoms with Gasteiger partial charge >= 0.3 is 0 Å². The van der Waals surface area contributed by atoms with Crippen LogP contribution in [0.15, 0.2) is 61.3 Å². The minimum absolute atomic E-state index is 0.509. The number of benzene rings is 2. The topological polar surface area (TPSA) is 12.0 Å². The van der Waals surface area contributed by atoms with Gasteiger partial charge in [0, 0.05) is 7.05 Å². The highest BCUT2D eigenvalue weighted by atomic mass is 14.8. The molecule has 1 heteroatoms. The molecule has 0 atom stereocenters. The Morgan fingerprint density at radius 3 is 2.43 bits per heavy atom. The van der Waals surface area contributed by atoms with Crippen LogP contribution in [0.4, 0.5) is 0 Å². The van der Waals surface area contributed by atoms with Crippen LogP contribution in [0.3, 0.4) is 0 Å². The molecule has 0 saturated heterocycles. The molecule has 0 aromatic heterocycles. The van der Waals surface area contributed by atoms with E-state index in [-0.39, 0.29) is 0 Å². The van der Waals surface area contributed by atoms with Crippen LogP contribution in [0.2, 0.25) is 0 Å². The van der Waals surface area contributed by atoms with Crippen molar-refractivity contribution in [2.24, 2.45) is 0 Å². The van der Waals surface area contributed by atoms with E-state index in [1.807, 2.05) is 19.3 Å². The fourth-order valence-electron chi connectivity index (χ4n) is 2.31. The molecule has 0 unspecified atom stereocenters. The molecule has 2 aromatic rings. The lowest BCUT2D eigenvalue weighted by Gasteiger charge is -2.14. The molecule has 0 bridgehead atoms. The lowest BCUT2D eigenvalue weighted by Crippen LogP contribution is -1.96. The van der Waals surface area contributed by atoms with Crippen LogP contribution < -0.4 is 5.32 Å². The van der Waals surface area contributed by atoms with Crippen LogP contribution in [0, 0.1) is 0 Å². The van der Waals surface area contributed by atoms with Crippen molar-refractivity contribution in [1.82, 2.24) is 5.32 Å². The van der Waals surface area contributed by atoms with Gasteiger partial charge in [0.05, 0.1) is 0 Å². The first kappa shape index (κ1) is 15.1. The summed E-state index contributed by atoms with van der Waals surface area (Å²) >= 11 is 0. The molecule has 0 aliphatic heterocycles. The third-order valence-corrected chi connectivity index (χ3v) is 3.62. The molecule has 0 amide bonds. The monoisotopic (exact) mass is 277 g/mol. The first-order chi connectivity index (χ1) is 10.1. The Bertz CT molecular complexity index is 636. The van der Waals surface area contributed by atoms with Crippen molar-refractivity contribution in [1.29, 1.82) is 0 Å². The molecule has 2 aromatic carbocycles. The van der Waals surface area contributed by atoms with E-state index in [2.05, 4.69) is 74.3 Å². The Kier molecular flexibility index (Phi) is 4.99. The van der Waals surface area contributed by atoms with Crippen molar-refractivity contribution >= 4 is 11.6 Å². The lowest BCUT2D eigenvalue weighted by molar-refractivity contribution is 0.866. The van der Waals surface area contributed by atoms with E-state index >= 15 is 0 Å². The van der Waals surface area contributed by atoms with Gasteiger partial charge in [-0.15, -0.1) is 0 Å². The summed E-state index contributed by atoms with van der Waals surface area (Å²) < 4.78 is 0. The van der Waals surface area contributed by atoms with E-state index in [1.165, 1.54) is 16.7 Å². The second-order valence-electron chi connectivity index (χ2n) is 5.47. The van der Waals surface area contributed by atoms with Gasteiger partial charge in [-0.05, 0) is 46.0 Å². The quantitative estimate of drug-likeness (QED) is 0.805. The summed E-state index contributed by atoms with van der Waals surface area (Å²) in [4.78, 5) is 0. The Morgan fingerprint density at radius 2 is 1.81 bits per heavy atom. The minimum Gasteiger partial charge on any atom is -0.394 e.